The Morgan fingerprint density at radius 1 is 1.11 bits per heavy atom. The molecular weight excluding hydrogens is 256 g/mol. The largest absolute Gasteiger partial charge is 0.303 e. The van der Waals surface area contributed by atoms with Crippen molar-refractivity contribution in [1.29, 1.82) is 0 Å². The van der Waals surface area contributed by atoms with E-state index in [1.165, 1.54) is 10.6 Å². The van der Waals surface area contributed by atoms with Gasteiger partial charge in [-0.3, -0.25) is 4.99 Å². The molecule has 0 radical (unpaired) electrons. The van der Waals surface area contributed by atoms with Crippen molar-refractivity contribution in [3.05, 3.63) is 64.7 Å². The second-order valence-corrected chi connectivity index (χ2v) is 5.25. The lowest BCUT2D eigenvalue weighted by Crippen LogP contribution is -3.04. The second kappa shape index (κ2) is 5.16. The maximum Gasteiger partial charge on any atom is 0.140 e. The number of benzodiazepines with no additional fused rings is 1. The van der Waals surface area contributed by atoms with Crippen LogP contribution in [0.1, 0.15) is 11.1 Å². The highest BCUT2D eigenvalue weighted by atomic mass is 35.5. The van der Waals surface area contributed by atoms with Gasteiger partial charge < -0.3 is 4.90 Å². The molecule has 0 bridgehead atoms. The van der Waals surface area contributed by atoms with Crippen molar-refractivity contribution in [2.24, 2.45) is 4.99 Å². The summed E-state index contributed by atoms with van der Waals surface area (Å²) in [6.45, 7) is 1.84. The number of halogens is 1. The summed E-state index contributed by atoms with van der Waals surface area (Å²) >= 11 is 6.17. The van der Waals surface area contributed by atoms with E-state index in [9.17, 15) is 0 Å². The molecule has 1 unspecified atom stereocenters. The molecule has 1 atom stereocenters. The van der Waals surface area contributed by atoms with Crippen LogP contribution in [-0.2, 0) is 0 Å². The topological polar surface area (TPSA) is 16.8 Å². The zero-order valence-electron chi connectivity index (χ0n) is 10.9. The molecule has 2 aromatic carbocycles. The van der Waals surface area contributed by atoms with Gasteiger partial charge in [0.1, 0.15) is 12.2 Å². The molecule has 3 heteroatoms. The molecule has 96 valence electrons. The SMILES string of the molecule is C[NH+]1CCN=C(c2ccccc2)c2cc(Cl)ccc21. The van der Waals surface area contributed by atoms with Crippen LogP contribution in [0.25, 0.3) is 0 Å². The smallest absolute Gasteiger partial charge is 0.140 e. The molecule has 1 heterocycles. The zero-order chi connectivity index (χ0) is 13.2. The summed E-state index contributed by atoms with van der Waals surface area (Å²) < 4.78 is 0. The van der Waals surface area contributed by atoms with E-state index >= 15 is 0 Å². The average Bonchev–Trinajstić information content (AvgIpc) is 2.59. The lowest BCUT2D eigenvalue weighted by molar-refractivity contribution is -0.808. The van der Waals surface area contributed by atoms with E-state index in [1.807, 2.05) is 30.3 Å². The van der Waals surface area contributed by atoms with Gasteiger partial charge in [-0.2, -0.15) is 0 Å². The number of nitrogens with zero attached hydrogens (tertiary/aromatic N) is 1. The van der Waals surface area contributed by atoms with Gasteiger partial charge in [0.2, 0.25) is 0 Å². The molecule has 0 aliphatic carbocycles. The van der Waals surface area contributed by atoms with Crippen LogP contribution in [0.3, 0.4) is 0 Å². The fraction of sp³-hybridized carbons (Fsp3) is 0.188. The summed E-state index contributed by atoms with van der Waals surface area (Å²) in [6.07, 6.45) is 0. The highest BCUT2D eigenvalue weighted by Crippen LogP contribution is 2.22. The molecule has 0 aromatic heterocycles. The van der Waals surface area contributed by atoms with Gasteiger partial charge in [0.25, 0.3) is 0 Å². The van der Waals surface area contributed by atoms with Gasteiger partial charge in [0.15, 0.2) is 0 Å². The van der Waals surface area contributed by atoms with Crippen LogP contribution >= 0.6 is 11.6 Å². The van der Waals surface area contributed by atoms with Crippen molar-refractivity contribution in [2.75, 3.05) is 20.1 Å². The minimum Gasteiger partial charge on any atom is -0.303 e. The first kappa shape index (κ1) is 12.4. The Bertz CT molecular complexity index is 620. The monoisotopic (exact) mass is 271 g/mol. The summed E-state index contributed by atoms with van der Waals surface area (Å²) in [5.74, 6) is 0. The molecule has 1 aliphatic heterocycles. The number of rotatable bonds is 1. The molecular formula is C16H16ClN2+. The lowest BCUT2D eigenvalue weighted by Gasteiger charge is -2.14. The summed E-state index contributed by atoms with van der Waals surface area (Å²) in [4.78, 5) is 6.14. The maximum atomic E-state index is 6.17. The Kier molecular flexibility index (Phi) is 3.36. The summed E-state index contributed by atoms with van der Waals surface area (Å²) in [7, 11) is 2.18. The van der Waals surface area contributed by atoms with Gasteiger partial charge in [0, 0.05) is 16.7 Å². The van der Waals surface area contributed by atoms with Crippen LogP contribution in [0.2, 0.25) is 5.02 Å². The third kappa shape index (κ3) is 2.42. The number of nitrogens with one attached hydrogen (secondary N) is 1. The van der Waals surface area contributed by atoms with Crippen LogP contribution in [0.5, 0.6) is 0 Å². The Hall–Kier alpha value is -1.64. The Morgan fingerprint density at radius 3 is 2.68 bits per heavy atom. The maximum absolute atomic E-state index is 6.17. The minimum absolute atomic E-state index is 0.761. The Balaban J connectivity index is 2.18. The number of benzene rings is 2. The molecule has 19 heavy (non-hydrogen) atoms. The van der Waals surface area contributed by atoms with Crippen LogP contribution in [-0.4, -0.2) is 25.8 Å². The molecule has 0 fully saturated rings. The van der Waals surface area contributed by atoms with Gasteiger partial charge in [0.05, 0.1) is 24.9 Å². The molecule has 2 nitrogen and oxygen atoms in total. The van der Waals surface area contributed by atoms with E-state index < -0.39 is 0 Å². The van der Waals surface area contributed by atoms with Crippen molar-refractivity contribution in [1.82, 2.24) is 0 Å². The summed E-state index contributed by atoms with van der Waals surface area (Å²) in [6, 6.07) is 16.4. The Morgan fingerprint density at radius 2 is 1.89 bits per heavy atom. The lowest BCUT2D eigenvalue weighted by atomic mass is 10.0. The third-order valence-corrected chi connectivity index (χ3v) is 3.74. The van der Waals surface area contributed by atoms with E-state index in [-0.39, 0.29) is 0 Å². The summed E-state index contributed by atoms with van der Waals surface area (Å²) in [5.41, 5.74) is 4.62. The van der Waals surface area contributed by atoms with Crippen molar-refractivity contribution >= 4 is 23.0 Å². The molecule has 1 aliphatic rings. The molecule has 3 rings (SSSR count). The quantitative estimate of drug-likeness (QED) is 0.820. The number of aliphatic imine (C=N–C) groups is 1. The van der Waals surface area contributed by atoms with Gasteiger partial charge in [-0.25, -0.2) is 0 Å². The predicted octanol–water partition coefficient (Wildman–Crippen LogP) is 2.34. The number of quaternary nitrogens is 1. The summed E-state index contributed by atoms with van der Waals surface area (Å²) in [5, 5.41) is 0.761. The van der Waals surface area contributed by atoms with Crippen LogP contribution < -0.4 is 4.90 Å². The molecule has 1 N–H and O–H groups in total. The number of hydrogen-bond acceptors (Lipinski definition) is 1. The van der Waals surface area contributed by atoms with Gasteiger partial charge in [-0.05, 0) is 12.1 Å². The normalized spacial score (nSPS) is 18.4. The number of hydrogen-bond donors (Lipinski definition) is 1. The van der Waals surface area contributed by atoms with Crippen molar-refractivity contribution in [3.63, 3.8) is 0 Å². The van der Waals surface area contributed by atoms with E-state index in [0.717, 1.165) is 35.0 Å². The molecule has 0 saturated heterocycles. The third-order valence-electron chi connectivity index (χ3n) is 3.50. The van der Waals surface area contributed by atoms with E-state index in [2.05, 4.69) is 25.2 Å². The standard InChI is InChI=1S/C16H15ClN2/c1-19-10-9-18-16(12-5-3-2-4-6-12)14-11-13(17)7-8-15(14)19/h2-8,11H,9-10H2,1H3/p+1. The highest BCUT2D eigenvalue weighted by molar-refractivity contribution is 6.31. The molecule has 0 amide bonds. The number of fused-ring (bicyclic) bond motifs is 1. The molecule has 2 aromatic rings. The first-order valence-electron chi connectivity index (χ1n) is 6.48. The Labute approximate surface area is 118 Å². The van der Waals surface area contributed by atoms with E-state index in [4.69, 9.17) is 16.6 Å². The van der Waals surface area contributed by atoms with Crippen molar-refractivity contribution in [3.8, 4) is 0 Å². The fourth-order valence-electron chi connectivity index (χ4n) is 2.48. The van der Waals surface area contributed by atoms with Crippen molar-refractivity contribution in [2.45, 2.75) is 0 Å². The molecule has 0 saturated carbocycles. The van der Waals surface area contributed by atoms with Crippen LogP contribution in [0.15, 0.2) is 53.5 Å². The number of likely N-dealkylation sites (N-methyl/N-ethyl adjacent to an activating group) is 1. The minimum atomic E-state index is 0.761. The van der Waals surface area contributed by atoms with E-state index in [0.29, 0.717) is 0 Å². The predicted molar refractivity (Wildman–Crippen MR) is 79.8 cm³/mol. The fourth-order valence-corrected chi connectivity index (χ4v) is 2.65. The zero-order valence-corrected chi connectivity index (χ0v) is 11.6. The first-order chi connectivity index (χ1) is 9.25. The van der Waals surface area contributed by atoms with Gasteiger partial charge in [-0.1, -0.05) is 41.9 Å². The highest BCUT2D eigenvalue weighted by Gasteiger charge is 2.21. The molecule has 0 spiro atoms. The van der Waals surface area contributed by atoms with Gasteiger partial charge in [-0.15, -0.1) is 0 Å². The van der Waals surface area contributed by atoms with Crippen LogP contribution in [0, 0.1) is 0 Å². The average molecular weight is 272 g/mol. The first-order valence-corrected chi connectivity index (χ1v) is 6.86. The van der Waals surface area contributed by atoms with E-state index in [1.54, 1.807) is 0 Å². The van der Waals surface area contributed by atoms with Gasteiger partial charge >= 0.3 is 0 Å². The van der Waals surface area contributed by atoms with Crippen LogP contribution in [0.4, 0.5) is 5.69 Å². The van der Waals surface area contributed by atoms with Crippen molar-refractivity contribution < 1.29 is 4.90 Å². The second-order valence-electron chi connectivity index (χ2n) is 4.82.